The van der Waals surface area contributed by atoms with Gasteiger partial charge in [-0.15, -0.1) is 0 Å². The lowest BCUT2D eigenvalue weighted by Crippen LogP contribution is -2.46. The van der Waals surface area contributed by atoms with Gasteiger partial charge < -0.3 is 9.80 Å². The summed E-state index contributed by atoms with van der Waals surface area (Å²) in [7, 11) is 2.13. The van der Waals surface area contributed by atoms with E-state index in [2.05, 4.69) is 22.0 Å². The number of amides is 1. The van der Waals surface area contributed by atoms with Gasteiger partial charge in [0.25, 0.3) is 5.91 Å². The molecule has 3 heterocycles. The number of rotatable bonds is 5. The zero-order chi connectivity index (χ0) is 19.3. The Morgan fingerprint density at radius 1 is 1.11 bits per heavy atom. The number of nitrogens with zero attached hydrogens (tertiary/aromatic N) is 5. The molecule has 0 bridgehead atoms. The summed E-state index contributed by atoms with van der Waals surface area (Å²) in [6, 6.07) is 14.0. The molecule has 1 fully saturated rings. The average molecular weight is 375 g/mol. The largest absolute Gasteiger partial charge is 0.331 e. The molecular formula is C22H25N5O. The maximum absolute atomic E-state index is 13.4. The van der Waals surface area contributed by atoms with Gasteiger partial charge in [-0.3, -0.25) is 9.78 Å². The molecule has 0 unspecified atom stereocenters. The van der Waals surface area contributed by atoms with Crippen LogP contribution in [0.5, 0.6) is 0 Å². The van der Waals surface area contributed by atoms with E-state index in [1.807, 2.05) is 53.6 Å². The Labute approximate surface area is 165 Å². The van der Waals surface area contributed by atoms with E-state index in [1.165, 1.54) is 0 Å². The molecule has 0 atom stereocenters. The monoisotopic (exact) mass is 375 g/mol. The summed E-state index contributed by atoms with van der Waals surface area (Å²) >= 11 is 0. The highest BCUT2D eigenvalue weighted by Crippen LogP contribution is 2.21. The number of likely N-dealkylation sites (tertiary alicyclic amines) is 1. The van der Waals surface area contributed by atoms with E-state index in [4.69, 9.17) is 0 Å². The lowest BCUT2D eigenvalue weighted by Gasteiger charge is -2.37. The summed E-state index contributed by atoms with van der Waals surface area (Å²) in [6.45, 7) is 2.61. The second-order valence-corrected chi connectivity index (χ2v) is 7.33. The predicted octanol–water partition coefficient (Wildman–Crippen LogP) is 3.00. The van der Waals surface area contributed by atoms with Gasteiger partial charge in [-0.1, -0.05) is 18.2 Å². The van der Waals surface area contributed by atoms with Gasteiger partial charge in [0.05, 0.1) is 17.4 Å². The van der Waals surface area contributed by atoms with E-state index in [0.717, 1.165) is 37.2 Å². The highest BCUT2D eigenvalue weighted by Gasteiger charge is 2.28. The lowest BCUT2D eigenvalue weighted by molar-refractivity contribution is 0.0569. The summed E-state index contributed by atoms with van der Waals surface area (Å²) in [5, 5.41) is 4.41. The molecule has 1 aliphatic rings. The highest BCUT2D eigenvalue weighted by molar-refractivity contribution is 5.94. The Kier molecular flexibility index (Phi) is 5.48. The molecular weight excluding hydrogens is 350 g/mol. The van der Waals surface area contributed by atoms with E-state index in [1.54, 1.807) is 23.3 Å². The first-order chi connectivity index (χ1) is 13.7. The summed E-state index contributed by atoms with van der Waals surface area (Å²) in [6.07, 6.45) is 9.02. The van der Waals surface area contributed by atoms with Crippen molar-refractivity contribution >= 4 is 5.91 Å². The molecule has 0 N–H and O–H groups in total. The molecule has 0 radical (unpaired) electrons. The Hall–Kier alpha value is -2.99. The first-order valence-corrected chi connectivity index (χ1v) is 9.69. The number of hydrogen-bond donors (Lipinski definition) is 0. The minimum Gasteiger partial charge on any atom is -0.331 e. The van der Waals surface area contributed by atoms with Crippen molar-refractivity contribution in [3.05, 3.63) is 78.4 Å². The molecule has 2 aromatic heterocycles. The molecule has 6 heteroatoms. The van der Waals surface area contributed by atoms with Crippen molar-refractivity contribution in [2.75, 3.05) is 20.1 Å². The van der Waals surface area contributed by atoms with Crippen LogP contribution in [0.25, 0.3) is 5.69 Å². The van der Waals surface area contributed by atoms with Crippen LogP contribution in [0.4, 0.5) is 0 Å². The van der Waals surface area contributed by atoms with Crippen LogP contribution >= 0.6 is 0 Å². The smallest absolute Gasteiger partial charge is 0.257 e. The van der Waals surface area contributed by atoms with Gasteiger partial charge in [0.2, 0.25) is 0 Å². The van der Waals surface area contributed by atoms with E-state index < -0.39 is 0 Å². The van der Waals surface area contributed by atoms with Crippen LogP contribution in [0, 0.1) is 0 Å². The minimum absolute atomic E-state index is 0.0357. The molecule has 1 aliphatic heterocycles. The van der Waals surface area contributed by atoms with Crippen LogP contribution in [-0.2, 0) is 6.54 Å². The second kappa shape index (κ2) is 8.35. The molecule has 1 saturated heterocycles. The Morgan fingerprint density at radius 3 is 2.54 bits per heavy atom. The van der Waals surface area contributed by atoms with Gasteiger partial charge in [-0.25, -0.2) is 4.68 Å². The van der Waals surface area contributed by atoms with Crippen molar-refractivity contribution < 1.29 is 4.79 Å². The van der Waals surface area contributed by atoms with E-state index >= 15 is 0 Å². The standard InChI is InChI=1S/C22H25N5O/c1-25-13-9-20(10-14-25)26(16-18-7-11-23-12-8-18)22(28)19-15-24-27(17-19)21-5-3-2-4-6-21/h2-8,11-12,15,17,20H,9-10,13-14,16H2,1H3. The molecule has 4 rings (SSSR count). The summed E-state index contributed by atoms with van der Waals surface area (Å²) in [5.41, 5.74) is 2.66. The third-order valence-corrected chi connectivity index (χ3v) is 5.34. The average Bonchev–Trinajstić information content (AvgIpc) is 3.24. The van der Waals surface area contributed by atoms with E-state index in [0.29, 0.717) is 12.1 Å². The molecule has 6 nitrogen and oxygen atoms in total. The van der Waals surface area contributed by atoms with Crippen LogP contribution in [0.3, 0.4) is 0 Å². The lowest BCUT2D eigenvalue weighted by atomic mass is 10.0. The molecule has 0 spiro atoms. The van der Waals surface area contributed by atoms with Crippen molar-refractivity contribution in [1.82, 2.24) is 24.6 Å². The van der Waals surface area contributed by atoms with E-state index in [-0.39, 0.29) is 11.9 Å². The molecule has 28 heavy (non-hydrogen) atoms. The number of carbonyl (C=O) groups excluding carboxylic acids is 1. The molecule has 144 valence electrons. The van der Waals surface area contributed by atoms with Crippen molar-refractivity contribution in [2.24, 2.45) is 0 Å². The highest BCUT2D eigenvalue weighted by atomic mass is 16.2. The number of hydrogen-bond acceptors (Lipinski definition) is 4. The Balaban J connectivity index is 1.58. The quantitative estimate of drug-likeness (QED) is 0.688. The number of para-hydroxylation sites is 1. The molecule has 3 aromatic rings. The fraction of sp³-hybridized carbons (Fsp3) is 0.318. The van der Waals surface area contributed by atoms with Crippen molar-refractivity contribution in [3.63, 3.8) is 0 Å². The SMILES string of the molecule is CN1CCC(N(Cc2ccncc2)C(=O)c2cnn(-c3ccccc3)c2)CC1. The van der Waals surface area contributed by atoms with Crippen LogP contribution in [-0.4, -0.2) is 56.7 Å². The summed E-state index contributed by atoms with van der Waals surface area (Å²) in [5.74, 6) is 0.0357. The van der Waals surface area contributed by atoms with Crippen molar-refractivity contribution in [3.8, 4) is 5.69 Å². The van der Waals surface area contributed by atoms with Crippen LogP contribution in [0.15, 0.2) is 67.3 Å². The first kappa shape index (κ1) is 18.4. The van der Waals surface area contributed by atoms with Gasteiger partial charge in [-0.05, 0) is 62.8 Å². The topological polar surface area (TPSA) is 54.3 Å². The second-order valence-electron chi connectivity index (χ2n) is 7.33. The summed E-state index contributed by atoms with van der Waals surface area (Å²) < 4.78 is 1.76. The van der Waals surface area contributed by atoms with Gasteiger partial charge in [-0.2, -0.15) is 5.10 Å². The maximum Gasteiger partial charge on any atom is 0.257 e. The maximum atomic E-state index is 13.4. The van der Waals surface area contributed by atoms with Gasteiger partial charge in [0, 0.05) is 31.2 Å². The van der Waals surface area contributed by atoms with Crippen LogP contribution < -0.4 is 0 Å². The van der Waals surface area contributed by atoms with Crippen LogP contribution in [0.2, 0.25) is 0 Å². The number of carbonyl (C=O) groups is 1. The van der Waals surface area contributed by atoms with Crippen LogP contribution in [0.1, 0.15) is 28.8 Å². The number of piperidine rings is 1. The fourth-order valence-corrected chi connectivity index (χ4v) is 3.68. The Morgan fingerprint density at radius 2 is 1.82 bits per heavy atom. The first-order valence-electron chi connectivity index (χ1n) is 9.69. The minimum atomic E-state index is 0.0357. The van der Waals surface area contributed by atoms with E-state index in [9.17, 15) is 4.79 Å². The zero-order valence-electron chi connectivity index (χ0n) is 16.1. The third-order valence-electron chi connectivity index (χ3n) is 5.34. The van der Waals surface area contributed by atoms with Gasteiger partial charge >= 0.3 is 0 Å². The molecule has 0 aliphatic carbocycles. The van der Waals surface area contributed by atoms with Gasteiger partial charge in [0.15, 0.2) is 0 Å². The van der Waals surface area contributed by atoms with Gasteiger partial charge in [0.1, 0.15) is 0 Å². The molecule has 1 amide bonds. The third kappa shape index (κ3) is 4.12. The molecule has 0 saturated carbocycles. The summed E-state index contributed by atoms with van der Waals surface area (Å²) in [4.78, 5) is 21.8. The van der Waals surface area contributed by atoms with Crippen molar-refractivity contribution in [2.45, 2.75) is 25.4 Å². The Bertz CT molecular complexity index is 901. The predicted molar refractivity (Wildman–Crippen MR) is 108 cm³/mol. The number of aromatic nitrogens is 3. The normalized spacial score (nSPS) is 15.5. The fourth-order valence-electron chi connectivity index (χ4n) is 3.68. The number of pyridine rings is 1. The molecule has 1 aromatic carbocycles. The zero-order valence-corrected chi connectivity index (χ0v) is 16.1. The number of benzene rings is 1. The van der Waals surface area contributed by atoms with Crippen molar-refractivity contribution in [1.29, 1.82) is 0 Å².